The van der Waals surface area contributed by atoms with Crippen LogP contribution < -0.4 is 4.74 Å². The number of hydrogen-bond donors (Lipinski definition) is 2. The normalized spacial score (nSPS) is 18.0. The van der Waals surface area contributed by atoms with E-state index in [0.717, 1.165) is 50.3 Å². The molecule has 1 saturated heterocycles. The first-order valence-electron chi connectivity index (χ1n) is 8.17. The van der Waals surface area contributed by atoms with E-state index in [9.17, 15) is 5.11 Å². The largest absolute Gasteiger partial charge is 0.497 e. The van der Waals surface area contributed by atoms with Gasteiger partial charge in [-0.25, -0.2) is 0 Å². The molecule has 2 heterocycles. The highest BCUT2D eigenvalue weighted by Gasteiger charge is 2.34. The molecule has 0 amide bonds. The first kappa shape index (κ1) is 16.0. The summed E-state index contributed by atoms with van der Waals surface area (Å²) in [6, 6.07) is 10.2. The zero-order valence-corrected chi connectivity index (χ0v) is 13.7. The summed E-state index contributed by atoms with van der Waals surface area (Å²) in [5.74, 6) is 0.882. The second-order valence-electron chi connectivity index (χ2n) is 6.54. The Hall–Kier alpha value is -1.85. The van der Waals surface area contributed by atoms with Gasteiger partial charge in [-0.3, -0.25) is 10.00 Å². The number of benzene rings is 1. The Labute approximate surface area is 137 Å². The van der Waals surface area contributed by atoms with E-state index in [2.05, 4.69) is 27.2 Å². The highest BCUT2D eigenvalue weighted by molar-refractivity contribution is 5.29. The number of aliphatic hydroxyl groups is 1. The summed E-state index contributed by atoms with van der Waals surface area (Å²) in [5.41, 5.74) is 2.37. The van der Waals surface area contributed by atoms with Gasteiger partial charge in [-0.05, 0) is 61.5 Å². The highest BCUT2D eigenvalue weighted by Crippen LogP contribution is 2.35. The molecule has 1 aliphatic heterocycles. The maximum atomic E-state index is 10.0. The standard InChI is InChI=1S/C18H25N3O2/c1-23-17-4-2-3-15(11-17)12-18(14-22)6-9-21(10-7-18)13-16-5-8-19-20-16/h2-5,8,11,22H,6-7,9-10,12-14H2,1H3,(H,19,20). The fraction of sp³-hybridized carbons (Fsp3) is 0.500. The Morgan fingerprint density at radius 3 is 2.78 bits per heavy atom. The number of aromatic amines is 1. The van der Waals surface area contributed by atoms with E-state index in [4.69, 9.17) is 4.74 Å². The number of nitrogens with zero attached hydrogens (tertiary/aromatic N) is 2. The monoisotopic (exact) mass is 315 g/mol. The number of methoxy groups -OCH3 is 1. The molecule has 0 unspecified atom stereocenters. The average Bonchev–Trinajstić information content (AvgIpc) is 3.10. The fourth-order valence-electron chi connectivity index (χ4n) is 3.41. The zero-order chi connectivity index (χ0) is 16.1. The van der Waals surface area contributed by atoms with E-state index in [1.807, 2.05) is 18.2 Å². The van der Waals surface area contributed by atoms with E-state index in [0.29, 0.717) is 0 Å². The fourth-order valence-corrected chi connectivity index (χ4v) is 3.41. The Bertz CT molecular complexity index is 604. The molecule has 23 heavy (non-hydrogen) atoms. The molecule has 0 saturated carbocycles. The molecule has 0 radical (unpaired) electrons. The van der Waals surface area contributed by atoms with Crippen LogP contribution in [0.15, 0.2) is 36.5 Å². The summed E-state index contributed by atoms with van der Waals surface area (Å²) in [4.78, 5) is 2.42. The van der Waals surface area contributed by atoms with Gasteiger partial charge in [-0.2, -0.15) is 5.10 Å². The number of H-pyrrole nitrogens is 1. The van der Waals surface area contributed by atoms with E-state index in [1.165, 1.54) is 5.56 Å². The van der Waals surface area contributed by atoms with Crippen LogP contribution in [0.2, 0.25) is 0 Å². The number of hydrogen-bond acceptors (Lipinski definition) is 4. The summed E-state index contributed by atoms with van der Waals surface area (Å²) in [5, 5.41) is 17.0. The number of piperidine rings is 1. The summed E-state index contributed by atoms with van der Waals surface area (Å²) in [6.45, 7) is 3.15. The van der Waals surface area contributed by atoms with Crippen molar-refractivity contribution in [2.75, 3.05) is 26.8 Å². The SMILES string of the molecule is COc1cccc(CC2(CO)CCN(Cc3ccn[nH]3)CC2)c1. The minimum atomic E-state index is -0.0170. The van der Waals surface area contributed by atoms with Gasteiger partial charge in [0.05, 0.1) is 7.11 Å². The predicted octanol–water partition coefficient (Wildman–Crippen LogP) is 2.24. The van der Waals surface area contributed by atoms with Crippen molar-refractivity contribution in [1.82, 2.24) is 15.1 Å². The van der Waals surface area contributed by atoms with Gasteiger partial charge in [0, 0.05) is 25.0 Å². The summed E-state index contributed by atoms with van der Waals surface area (Å²) < 4.78 is 5.31. The van der Waals surface area contributed by atoms with Crippen molar-refractivity contribution in [2.24, 2.45) is 5.41 Å². The molecule has 0 spiro atoms. The van der Waals surface area contributed by atoms with Crippen LogP contribution in [0, 0.1) is 5.41 Å². The van der Waals surface area contributed by atoms with Gasteiger partial charge >= 0.3 is 0 Å². The number of aliphatic hydroxyl groups excluding tert-OH is 1. The third-order valence-corrected chi connectivity index (χ3v) is 4.92. The van der Waals surface area contributed by atoms with Crippen LogP contribution >= 0.6 is 0 Å². The van der Waals surface area contributed by atoms with Crippen molar-refractivity contribution in [3.63, 3.8) is 0 Å². The lowest BCUT2D eigenvalue weighted by Crippen LogP contribution is -2.42. The molecule has 5 heteroatoms. The predicted molar refractivity (Wildman–Crippen MR) is 89.3 cm³/mol. The van der Waals surface area contributed by atoms with Gasteiger partial charge in [-0.1, -0.05) is 12.1 Å². The van der Waals surface area contributed by atoms with Crippen LogP contribution in [-0.2, 0) is 13.0 Å². The topological polar surface area (TPSA) is 61.4 Å². The van der Waals surface area contributed by atoms with Gasteiger partial charge in [0.25, 0.3) is 0 Å². The highest BCUT2D eigenvalue weighted by atomic mass is 16.5. The van der Waals surface area contributed by atoms with Crippen LogP contribution in [0.4, 0.5) is 0 Å². The second kappa shape index (κ2) is 7.15. The van der Waals surface area contributed by atoms with Gasteiger partial charge in [-0.15, -0.1) is 0 Å². The van der Waals surface area contributed by atoms with Gasteiger partial charge < -0.3 is 9.84 Å². The average molecular weight is 315 g/mol. The summed E-state index contributed by atoms with van der Waals surface area (Å²) in [7, 11) is 1.69. The quantitative estimate of drug-likeness (QED) is 0.858. The number of nitrogens with one attached hydrogen (secondary N) is 1. The number of aromatic nitrogens is 2. The van der Waals surface area contributed by atoms with E-state index in [-0.39, 0.29) is 12.0 Å². The molecule has 2 aromatic rings. The maximum absolute atomic E-state index is 10.0. The van der Waals surface area contributed by atoms with Crippen molar-refractivity contribution in [1.29, 1.82) is 0 Å². The van der Waals surface area contributed by atoms with Crippen molar-refractivity contribution in [3.05, 3.63) is 47.8 Å². The Morgan fingerprint density at radius 2 is 2.13 bits per heavy atom. The number of likely N-dealkylation sites (tertiary alicyclic amines) is 1. The maximum Gasteiger partial charge on any atom is 0.119 e. The molecule has 124 valence electrons. The van der Waals surface area contributed by atoms with Crippen molar-refractivity contribution < 1.29 is 9.84 Å². The summed E-state index contributed by atoms with van der Waals surface area (Å²) >= 11 is 0. The van der Waals surface area contributed by atoms with Crippen LogP contribution in [0.3, 0.4) is 0 Å². The summed E-state index contributed by atoms with van der Waals surface area (Å²) in [6.07, 6.45) is 4.71. The lowest BCUT2D eigenvalue weighted by atomic mass is 9.74. The van der Waals surface area contributed by atoms with Crippen molar-refractivity contribution >= 4 is 0 Å². The number of ether oxygens (including phenoxy) is 1. The van der Waals surface area contributed by atoms with E-state index >= 15 is 0 Å². The van der Waals surface area contributed by atoms with Crippen LogP contribution in [-0.4, -0.2) is 47.0 Å². The molecule has 1 aromatic carbocycles. The first-order valence-corrected chi connectivity index (χ1v) is 8.17. The first-order chi connectivity index (χ1) is 11.2. The Kier molecular flexibility index (Phi) is 4.98. The second-order valence-corrected chi connectivity index (χ2v) is 6.54. The molecular formula is C18H25N3O2. The lowest BCUT2D eigenvalue weighted by molar-refractivity contribution is 0.0409. The minimum absolute atomic E-state index is 0.0170. The molecule has 1 fully saturated rings. The molecule has 5 nitrogen and oxygen atoms in total. The number of rotatable bonds is 6. The van der Waals surface area contributed by atoms with Gasteiger partial charge in [0.1, 0.15) is 5.75 Å². The smallest absolute Gasteiger partial charge is 0.119 e. The van der Waals surface area contributed by atoms with Crippen LogP contribution in [0.5, 0.6) is 5.75 Å². The van der Waals surface area contributed by atoms with Crippen molar-refractivity contribution in [3.8, 4) is 5.75 Å². The Morgan fingerprint density at radius 1 is 1.30 bits per heavy atom. The Balaban J connectivity index is 1.61. The molecule has 1 aromatic heterocycles. The molecule has 2 N–H and O–H groups in total. The van der Waals surface area contributed by atoms with Crippen LogP contribution in [0.1, 0.15) is 24.1 Å². The molecule has 0 bridgehead atoms. The molecule has 0 aliphatic carbocycles. The molecule has 3 rings (SSSR count). The third-order valence-electron chi connectivity index (χ3n) is 4.92. The molecule has 0 atom stereocenters. The van der Waals surface area contributed by atoms with Gasteiger partial charge in [0.2, 0.25) is 0 Å². The minimum Gasteiger partial charge on any atom is -0.497 e. The van der Waals surface area contributed by atoms with E-state index < -0.39 is 0 Å². The zero-order valence-electron chi connectivity index (χ0n) is 13.7. The van der Waals surface area contributed by atoms with Crippen LogP contribution in [0.25, 0.3) is 0 Å². The third kappa shape index (κ3) is 3.92. The van der Waals surface area contributed by atoms with Gasteiger partial charge in [0.15, 0.2) is 0 Å². The molecule has 1 aliphatic rings. The molecular weight excluding hydrogens is 290 g/mol. The van der Waals surface area contributed by atoms with Crippen molar-refractivity contribution in [2.45, 2.75) is 25.8 Å². The van der Waals surface area contributed by atoms with E-state index in [1.54, 1.807) is 13.3 Å². The lowest BCUT2D eigenvalue weighted by Gasteiger charge is -2.40.